The van der Waals surface area contributed by atoms with E-state index in [4.69, 9.17) is 16.3 Å². The summed E-state index contributed by atoms with van der Waals surface area (Å²) in [6.07, 6.45) is 6.63. The Kier molecular flexibility index (Phi) is 15.7. The van der Waals surface area contributed by atoms with Gasteiger partial charge >= 0.3 is 5.97 Å². The third-order valence-corrected chi connectivity index (χ3v) is 15.7. The SMILES string of the molecule is CC(C)(O/N=C(\C(=O)N[C@@H]1C(=O)N2C(C(=O)[O-])=C(C[n+]3ccccc3)CS[C@H]12)c1csc(N)n1)C(=O)O.NC(=O)c1cc[n+](CC2=C(C(=O)[O-])N3C(=O)[C@@H](NC(=O)[C@@H](c4ccccc4)S(=O)(=O)O)[C@H]3SC2)cc1. The maximum atomic E-state index is 13.1. The molecule has 7 heterocycles. The number of pyridine rings is 2. The molecule has 8 N–H and O–H groups in total. The molecule has 0 unspecified atom stereocenters. The van der Waals surface area contributed by atoms with Gasteiger partial charge in [-0.3, -0.25) is 38.3 Å². The smallest absolute Gasteiger partial charge is 0.350 e. The molecule has 5 atom stereocenters. The molecule has 8 rings (SSSR count). The summed E-state index contributed by atoms with van der Waals surface area (Å²) in [7, 11) is -4.86. The van der Waals surface area contributed by atoms with Crippen molar-refractivity contribution in [1.82, 2.24) is 25.4 Å². The third-order valence-electron chi connectivity index (χ3n) is 11.3. The molecule has 5 amide bonds. The number of fused-ring (bicyclic) bond motifs is 2. The number of anilines is 1. The molecule has 0 radical (unpaired) electrons. The molecule has 2 saturated heterocycles. The lowest BCUT2D eigenvalue weighted by Gasteiger charge is -2.50. The van der Waals surface area contributed by atoms with Crippen LogP contribution in [0.3, 0.4) is 0 Å². The number of nitrogens with one attached hydrogen (secondary N) is 2. The van der Waals surface area contributed by atoms with E-state index in [1.807, 2.05) is 6.07 Å². The van der Waals surface area contributed by atoms with Gasteiger partial charge in [-0.15, -0.1) is 34.9 Å². The Balaban J connectivity index is 0.000000214. The van der Waals surface area contributed by atoms with Gasteiger partial charge in [-0.05, 0) is 19.4 Å². The van der Waals surface area contributed by atoms with Gasteiger partial charge in [0, 0.05) is 52.3 Å². The summed E-state index contributed by atoms with van der Waals surface area (Å²) in [5, 5.41) is 39.9. The van der Waals surface area contributed by atoms with Gasteiger partial charge < -0.3 is 51.8 Å². The van der Waals surface area contributed by atoms with E-state index >= 15 is 0 Å². The molecule has 382 valence electrons. The van der Waals surface area contributed by atoms with Crippen molar-refractivity contribution in [3.63, 3.8) is 0 Å². The number of thiazole rings is 1. The van der Waals surface area contributed by atoms with Gasteiger partial charge in [0.15, 0.2) is 54.0 Å². The highest BCUT2D eigenvalue weighted by Gasteiger charge is 2.55. The first kappa shape index (κ1) is 53.1. The van der Waals surface area contributed by atoms with Crippen LogP contribution in [-0.4, -0.2) is 126 Å². The van der Waals surface area contributed by atoms with Crippen molar-refractivity contribution in [2.24, 2.45) is 10.9 Å². The Hall–Kier alpha value is -7.73. The number of carbonyl (C=O) groups excluding carboxylic acids is 7. The van der Waals surface area contributed by atoms with Crippen molar-refractivity contribution >= 4 is 103 Å². The number of amides is 5. The van der Waals surface area contributed by atoms with Gasteiger partial charge in [0.05, 0.1) is 28.9 Å². The molecule has 25 nitrogen and oxygen atoms in total. The normalized spacial score (nSPS) is 20.0. The molecule has 4 aliphatic heterocycles. The zero-order valence-electron chi connectivity index (χ0n) is 38.0. The summed E-state index contributed by atoms with van der Waals surface area (Å²) >= 11 is 3.50. The molecule has 2 fully saturated rings. The number of oxime groups is 1. The highest BCUT2D eigenvalue weighted by molar-refractivity contribution is 8.00. The van der Waals surface area contributed by atoms with Crippen LogP contribution in [0.15, 0.2) is 119 Å². The predicted octanol–water partition coefficient (Wildman–Crippen LogP) is -3.19. The van der Waals surface area contributed by atoms with Gasteiger partial charge in [-0.25, -0.2) is 18.9 Å². The molecule has 4 aliphatic rings. The van der Waals surface area contributed by atoms with Crippen LogP contribution >= 0.6 is 34.9 Å². The minimum atomic E-state index is -4.86. The van der Waals surface area contributed by atoms with Crippen molar-refractivity contribution in [3.05, 3.63) is 130 Å². The number of rotatable bonds is 17. The van der Waals surface area contributed by atoms with E-state index in [0.717, 1.165) is 21.1 Å². The van der Waals surface area contributed by atoms with Crippen molar-refractivity contribution < 1.29 is 80.6 Å². The number of carbonyl (C=O) groups is 8. The summed E-state index contributed by atoms with van der Waals surface area (Å²) in [5.41, 5.74) is 9.36. The largest absolute Gasteiger partial charge is 0.543 e. The number of benzene rings is 1. The molecule has 4 aromatic rings. The second-order valence-corrected chi connectivity index (χ2v) is 21.2. The molecule has 0 saturated carbocycles. The van der Waals surface area contributed by atoms with E-state index in [1.54, 1.807) is 39.7 Å². The maximum Gasteiger partial charge on any atom is 0.350 e. The number of nitrogen functional groups attached to an aromatic ring is 1. The van der Waals surface area contributed by atoms with Crippen LogP contribution in [0.25, 0.3) is 0 Å². The van der Waals surface area contributed by atoms with Crippen molar-refractivity contribution in [1.29, 1.82) is 0 Å². The summed E-state index contributed by atoms with van der Waals surface area (Å²) in [5.74, 6) is -7.90. The van der Waals surface area contributed by atoms with E-state index in [9.17, 15) is 66.6 Å². The summed E-state index contributed by atoms with van der Waals surface area (Å²) in [6.45, 7) is 2.83. The molecule has 3 aromatic heterocycles. The number of carboxylic acid groups (broad SMARTS) is 3. The standard InChI is InChI=1S/C22H22N6O7S2.C22H20N4O8S2/c1-22(2,20(33)34)35-26-13(12-10-37-21(23)24-12)16(29)25-14-17(30)28-15(19(31)32)11(9-36-18(14)28)8-27-6-4-3-5-7-27;23-18(27)13-6-8-25(9-7-13)10-14-11-35-21-15(20(29)26(21)16(14)22(30)31)24-19(28)17(36(32,33)34)12-4-2-1-3-5-12/h3-7,10,14,18H,8-9H2,1-2H3,(H4-,23,24,25,29,31,32,33,34);1-9,15,17,21H,10-11H2,(H4-,23,24,27,28,30,31,32,33,34)/b26-13-;/t14-,18-;15-,17-,21-/m11/s1. The fourth-order valence-electron chi connectivity index (χ4n) is 7.62. The van der Waals surface area contributed by atoms with Gasteiger partial charge in [0.1, 0.15) is 28.5 Å². The molecule has 0 bridgehead atoms. The Morgan fingerprint density at radius 2 is 1.36 bits per heavy atom. The fourth-order valence-corrected chi connectivity index (χ4v) is 11.7. The van der Waals surface area contributed by atoms with E-state index in [1.165, 1.54) is 91.5 Å². The summed E-state index contributed by atoms with van der Waals surface area (Å²) in [6, 6.07) is 13.4. The molecule has 1 aromatic carbocycles. The Labute approximate surface area is 426 Å². The second-order valence-electron chi connectivity index (χ2n) is 16.6. The second kappa shape index (κ2) is 21.5. The molecule has 73 heavy (non-hydrogen) atoms. The molecular weight excluding hydrogens is 1040 g/mol. The van der Waals surface area contributed by atoms with Crippen molar-refractivity contribution in [2.75, 3.05) is 17.2 Å². The lowest BCUT2D eigenvalue weighted by molar-refractivity contribution is -0.689. The first-order chi connectivity index (χ1) is 34.5. The first-order valence-corrected chi connectivity index (χ1v) is 25.8. The zero-order valence-corrected chi connectivity index (χ0v) is 41.3. The quantitative estimate of drug-likeness (QED) is 0.0199. The minimum absolute atomic E-state index is 0.00871. The number of nitrogens with zero attached hydrogens (tertiary/aromatic N) is 6. The topological polar surface area (TPSA) is 382 Å². The number of hydrogen-bond acceptors (Lipinski definition) is 19. The first-order valence-electron chi connectivity index (χ1n) is 21.3. The lowest BCUT2D eigenvalue weighted by atomic mass is 10.0. The van der Waals surface area contributed by atoms with Crippen LogP contribution < -0.4 is 41.4 Å². The number of hydrogen-bond donors (Lipinski definition) is 6. The number of aromatic nitrogens is 3. The summed E-state index contributed by atoms with van der Waals surface area (Å²) in [4.78, 5) is 109. The molecule has 0 aliphatic carbocycles. The van der Waals surface area contributed by atoms with E-state index < -0.39 is 91.2 Å². The van der Waals surface area contributed by atoms with Gasteiger partial charge in [0.25, 0.3) is 27.8 Å². The number of β-lactam (4-membered cyclic amide) rings is 2. The highest BCUT2D eigenvalue weighted by atomic mass is 32.2. The monoisotopic (exact) mass is 1080 g/mol. The Morgan fingerprint density at radius 1 is 0.849 bits per heavy atom. The predicted molar refractivity (Wildman–Crippen MR) is 252 cm³/mol. The molecular formula is C44H42N10O15S4. The Morgan fingerprint density at radius 3 is 1.82 bits per heavy atom. The van der Waals surface area contributed by atoms with Gasteiger partial charge in [-0.1, -0.05) is 41.6 Å². The number of thioether (sulfide) groups is 2. The van der Waals surface area contributed by atoms with Crippen molar-refractivity contribution in [3.8, 4) is 0 Å². The van der Waals surface area contributed by atoms with Gasteiger partial charge in [0.2, 0.25) is 17.4 Å². The number of aliphatic carboxylic acids is 3. The van der Waals surface area contributed by atoms with Crippen LogP contribution in [0.2, 0.25) is 0 Å². The van der Waals surface area contributed by atoms with Crippen molar-refractivity contribution in [2.45, 2.75) is 60.6 Å². The number of nitrogens with two attached hydrogens (primary N) is 2. The van der Waals surface area contributed by atoms with E-state index in [-0.39, 0.29) is 57.9 Å². The molecule has 29 heteroatoms. The molecule has 0 spiro atoms. The van der Waals surface area contributed by atoms with Crippen LogP contribution in [-0.2, 0) is 61.6 Å². The zero-order chi connectivity index (χ0) is 53.1. The lowest BCUT2D eigenvalue weighted by Crippen LogP contribution is -2.71. The number of carboxylic acids is 3. The minimum Gasteiger partial charge on any atom is -0.543 e. The van der Waals surface area contributed by atoms with Crippen LogP contribution in [0.5, 0.6) is 0 Å². The van der Waals surface area contributed by atoms with Crippen LogP contribution in [0.1, 0.15) is 40.7 Å². The third kappa shape index (κ3) is 11.5. The van der Waals surface area contributed by atoms with Gasteiger partial charge in [-0.2, -0.15) is 8.42 Å². The van der Waals surface area contributed by atoms with E-state index in [2.05, 4.69) is 20.8 Å². The highest BCUT2D eigenvalue weighted by Crippen LogP contribution is 2.42. The number of primary amides is 1. The Bertz CT molecular complexity index is 3120. The van der Waals surface area contributed by atoms with Crippen LogP contribution in [0, 0.1) is 0 Å². The van der Waals surface area contributed by atoms with E-state index in [0.29, 0.717) is 16.9 Å². The summed E-state index contributed by atoms with van der Waals surface area (Å²) < 4.78 is 36.8. The fraction of sp³-hybridized carbons (Fsp3) is 0.273. The van der Waals surface area contributed by atoms with Crippen LogP contribution in [0.4, 0.5) is 5.13 Å². The maximum absolute atomic E-state index is 13.1. The average molecular weight is 1080 g/mol. The average Bonchev–Trinajstić information content (AvgIpc) is 3.77.